The van der Waals surface area contributed by atoms with E-state index in [4.69, 9.17) is 0 Å². The molecule has 0 spiro atoms. The van der Waals surface area contributed by atoms with Gasteiger partial charge in [0, 0.05) is 36.9 Å². The van der Waals surface area contributed by atoms with Gasteiger partial charge in [-0.2, -0.15) is 0 Å². The van der Waals surface area contributed by atoms with Crippen LogP contribution in [0.25, 0.3) is 5.65 Å². The first-order valence-corrected chi connectivity index (χ1v) is 11.8. The second-order valence-electron chi connectivity index (χ2n) is 8.36. The summed E-state index contributed by atoms with van der Waals surface area (Å²) in [6.07, 6.45) is 6.43. The van der Waals surface area contributed by atoms with Gasteiger partial charge in [-0.25, -0.2) is 18.9 Å². The van der Waals surface area contributed by atoms with Crippen molar-refractivity contribution in [1.29, 1.82) is 0 Å². The summed E-state index contributed by atoms with van der Waals surface area (Å²) in [7, 11) is 0. The first-order chi connectivity index (χ1) is 14.9. The van der Waals surface area contributed by atoms with Gasteiger partial charge in [0.05, 0.1) is 0 Å². The summed E-state index contributed by atoms with van der Waals surface area (Å²) in [6, 6.07) is 8.02. The van der Waals surface area contributed by atoms with E-state index in [0.29, 0.717) is 29.8 Å². The van der Waals surface area contributed by atoms with Crippen molar-refractivity contribution in [3.05, 3.63) is 52.7 Å². The highest BCUT2D eigenvalue weighted by molar-refractivity contribution is 7.98. The number of hydrogen-bond donors (Lipinski definition) is 1. The first-order valence-electron chi connectivity index (χ1n) is 10.5. The fraction of sp³-hybridized carbons (Fsp3) is 0.455. The fourth-order valence-electron chi connectivity index (χ4n) is 4.23. The molecule has 1 aliphatic rings. The molecular formula is C22H28N6O2S. The Morgan fingerprint density at radius 1 is 1.19 bits per heavy atom. The van der Waals surface area contributed by atoms with Crippen molar-refractivity contribution in [3.8, 4) is 0 Å². The Morgan fingerprint density at radius 3 is 2.58 bits per heavy atom. The molecule has 3 heterocycles. The van der Waals surface area contributed by atoms with Gasteiger partial charge in [-0.3, -0.25) is 4.79 Å². The van der Waals surface area contributed by atoms with E-state index in [1.807, 2.05) is 30.5 Å². The number of benzene rings is 1. The van der Waals surface area contributed by atoms with Crippen LogP contribution in [-0.4, -0.2) is 44.4 Å². The monoisotopic (exact) mass is 440 g/mol. The van der Waals surface area contributed by atoms with Gasteiger partial charge in [-0.05, 0) is 42.2 Å². The van der Waals surface area contributed by atoms with Crippen molar-refractivity contribution in [2.24, 2.45) is 11.8 Å². The molecule has 4 rings (SSSR count). The summed E-state index contributed by atoms with van der Waals surface area (Å²) in [5.41, 5.74) is 1.17. The van der Waals surface area contributed by atoms with Crippen molar-refractivity contribution >= 4 is 29.1 Å². The predicted octanol–water partition coefficient (Wildman–Crippen LogP) is 2.41. The van der Waals surface area contributed by atoms with Gasteiger partial charge < -0.3 is 10.2 Å². The molecule has 1 aliphatic heterocycles. The molecular weight excluding hydrogens is 412 g/mol. The SMILES string of the molecule is CSc1ccc(CNC(=O)Cn2nc3c(N4C[C@H](C)C[C@@H](C)C4)nccn3c2=O)cc1. The molecule has 8 nitrogen and oxygen atoms in total. The number of hydrogen-bond acceptors (Lipinski definition) is 6. The number of amides is 1. The average Bonchev–Trinajstić information content (AvgIpc) is 3.07. The van der Waals surface area contributed by atoms with Crippen LogP contribution in [0.2, 0.25) is 0 Å². The molecule has 0 saturated carbocycles. The van der Waals surface area contributed by atoms with Gasteiger partial charge in [0.15, 0.2) is 5.82 Å². The van der Waals surface area contributed by atoms with Crippen LogP contribution in [0.5, 0.6) is 0 Å². The molecule has 1 saturated heterocycles. The normalized spacial score (nSPS) is 19.0. The Kier molecular flexibility index (Phi) is 6.31. The Labute approximate surface area is 185 Å². The Hall–Kier alpha value is -2.81. The summed E-state index contributed by atoms with van der Waals surface area (Å²) < 4.78 is 2.68. The van der Waals surface area contributed by atoms with Crippen LogP contribution in [0.4, 0.5) is 5.82 Å². The molecule has 1 aromatic carbocycles. The quantitative estimate of drug-likeness (QED) is 0.593. The number of carbonyl (C=O) groups excluding carboxylic acids is 1. The molecule has 2 aromatic heterocycles. The number of fused-ring (bicyclic) bond motifs is 1. The molecule has 31 heavy (non-hydrogen) atoms. The van der Waals surface area contributed by atoms with Crippen LogP contribution in [0.15, 0.2) is 46.3 Å². The topological polar surface area (TPSA) is 84.5 Å². The average molecular weight is 441 g/mol. The van der Waals surface area contributed by atoms with E-state index in [0.717, 1.165) is 18.7 Å². The zero-order chi connectivity index (χ0) is 22.0. The third kappa shape index (κ3) is 4.76. The molecule has 9 heteroatoms. The molecule has 0 unspecified atom stereocenters. The third-order valence-electron chi connectivity index (χ3n) is 5.59. The number of piperidine rings is 1. The second-order valence-corrected chi connectivity index (χ2v) is 9.24. The predicted molar refractivity (Wildman–Crippen MR) is 122 cm³/mol. The highest BCUT2D eigenvalue weighted by atomic mass is 32.2. The lowest BCUT2D eigenvalue weighted by Gasteiger charge is -2.35. The lowest BCUT2D eigenvalue weighted by molar-refractivity contribution is -0.122. The van der Waals surface area contributed by atoms with Crippen LogP contribution in [-0.2, 0) is 17.9 Å². The zero-order valence-electron chi connectivity index (χ0n) is 18.1. The number of carbonyl (C=O) groups is 1. The smallest absolute Gasteiger partial charge is 0.350 e. The van der Waals surface area contributed by atoms with Gasteiger partial charge >= 0.3 is 5.69 Å². The fourth-order valence-corrected chi connectivity index (χ4v) is 4.64. The van der Waals surface area contributed by atoms with E-state index in [-0.39, 0.29) is 18.1 Å². The molecule has 2 atom stereocenters. The third-order valence-corrected chi connectivity index (χ3v) is 6.34. The molecule has 164 valence electrons. The number of rotatable bonds is 6. The summed E-state index contributed by atoms with van der Waals surface area (Å²) in [4.78, 5) is 33.2. The maximum Gasteiger partial charge on any atom is 0.350 e. The van der Waals surface area contributed by atoms with Crippen molar-refractivity contribution in [2.75, 3.05) is 24.2 Å². The van der Waals surface area contributed by atoms with Crippen LogP contribution >= 0.6 is 11.8 Å². The molecule has 1 N–H and O–H groups in total. The first kappa shape index (κ1) is 21.4. The standard InChI is InChI=1S/C22H28N6O2S/c1-15-10-16(2)13-26(12-15)20-21-25-28(22(30)27(21)9-8-23-20)14-19(29)24-11-17-4-6-18(31-3)7-5-17/h4-9,15-16H,10-14H2,1-3H3,(H,24,29)/t15-,16-/m1/s1. The van der Waals surface area contributed by atoms with E-state index in [9.17, 15) is 9.59 Å². The summed E-state index contributed by atoms with van der Waals surface area (Å²) in [6.45, 7) is 6.50. The van der Waals surface area contributed by atoms with Crippen molar-refractivity contribution in [3.63, 3.8) is 0 Å². The number of nitrogens with one attached hydrogen (secondary N) is 1. The maximum absolute atomic E-state index is 12.8. The molecule has 1 amide bonds. The molecule has 1 fully saturated rings. The molecule has 0 aliphatic carbocycles. The molecule has 3 aromatic rings. The lowest BCUT2D eigenvalue weighted by Crippen LogP contribution is -2.39. The minimum absolute atomic E-state index is 0.129. The number of aromatic nitrogens is 4. The van der Waals surface area contributed by atoms with Crippen molar-refractivity contribution < 1.29 is 4.79 Å². The maximum atomic E-state index is 12.8. The number of anilines is 1. The van der Waals surface area contributed by atoms with E-state index in [1.54, 1.807) is 24.2 Å². The molecule has 0 bridgehead atoms. The van der Waals surface area contributed by atoms with E-state index < -0.39 is 0 Å². The van der Waals surface area contributed by atoms with E-state index >= 15 is 0 Å². The highest BCUT2D eigenvalue weighted by Crippen LogP contribution is 2.26. The molecule has 0 radical (unpaired) electrons. The van der Waals surface area contributed by atoms with Gasteiger partial charge in [0.25, 0.3) is 0 Å². The van der Waals surface area contributed by atoms with E-state index in [2.05, 4.69) is 34.1 Å². The zero-order valence-corrected chi connectivity index (χ0v) is 18.9. The summed E-state index contributed by atoms with van der Waals surface area (Å²) in [5, 5.41) is 7.32. The largest absolute Gasteiger partial charge is 0.353 e. The van der Waals surface area contributed by atoms with Gasteiger partial charge in [0.2, 0.25) is 11.6 Å². The summed E-state index contributed by atoms with van der Waals surface area (Å²) in [5.74, 6) is 1.55. The van der Waals surface area contributed by atoms with E-state index in [1.165, 1.54) is 20.4 Å². The van der Waals surface area contributed by atoms with Gasteiger partial charge in [-0.1, -0.05) is 26.0 Å². The van der Waals surface area contributed by atoms with Crippen LogP contribution in [0.3, 0.4) is 0 Å². The minimum atomic E-state index is -0.337. The lowest BCUT2D eigenvalue weighted by atomic mass is 9.92. The number of thioether (sulfide) groups is 1. The van der Waals surface area contributed by atoms with Crippen LogP contribution < -0.4 is 15.9 Å². The van der Waals surface area contributed by atoms with Gasteiger partial charge in [-0.15, -0.1) is 16.9 Å². The highest BCUT2D eigenvalue weighted by Gasteiger charge is 2.25. The minimum Gasteiger partial charge on any atom is -0.353 e. The summed E-state index contributed by atoms with van der Waals surface area (Å²) >= 11 is 1.67. The Bertz CT molecular complexity index is 1110. The second kappa shape index (κ2) is 9.13. The Morgan fingerprint density at radius 2 is 1.90 bits per heavy atom. The van der Waals surface area contributed by atoms with Crippen molar-refractivity contribution in [2.45, 2.75) is 38.3 Å². The van der Waals surface area contributed by atoms with Crippen LogP contribution in [0.1, 0.15) is 25.8 Å². The van der Waals surface area contributed by atoms with Crippen molar-refractivity contribution in [1.82, 2.24) is 24.5 Å². The van der Waals surface area contributed by atoms with Gasteiger partial charge in [0.1, 0.15) is 6.54 Å². The van der Waals surface area contributed by atoms with Crippen LogP contribution in [0, 0.1) is 11.8 Å². The Balaban J connectivity index is 1.49. The number of nitrogens with zero attached hydrogens (tertiary/aromatic N) is 5.